The highest BCUT2D eigenvalue weighted by atomic mass is 19.1. The Bertz CT molecular complexity index is 484. The van der Waals surface area contributed by atoms with E-state index in [1.807, 2.05) is 0 Å². The van der Waals surface area contributed by atoms with Gasteiger partial charge >= 0.3 is 6.09 Å². The van der Waals surface area contributed by atoms with Crippen LogP contribution in [0.25, 0.3) is 0 Å². The largest absolute Gasteiger partial charge is 0.444 e. The number of pyridine rings is 1. The Labute approximate surface area is 106 Å². The number of carbonyl (C=O) groups excluding carboxylic acids is 1. The molecule has 0 aliphatic heterocycles. The molecule has 1 aromatic rings. The Morgan fingerprint density at radius 1 is 1.56 bits per heavy atom. The number of rotatable bonds is 1. The molecule has 0 saturated carbocycles. The lowest BCUT2D eigenvalue weighted by Crippen LogP contribution is -2.32. The summed E-state index contributed by atoms with van der Waals surface area (Å²) in [7, 11) is 0. The molecular formula is C13H15FN2O2. The highest BCUT2D eigenvalue weighted by Gasteiger charge is 2.14. The van der Waals surface area contributed by atoms with Crippen molar-refractivity contribution in [2.75, 3.05) is 6.54 Å². The number of carbonyl (C=O) groups is 1. The summed E-state index contributed by atoms with van der Waals surface area (Å²) in [5.74, 6) is 4.81. The third-order valence-electron chi connectivity index (χ3n) is 1.68. The Hall–Kier alpha value is -2.09. The van der Waals surface area contributed by atoms with E-state index in [1.165, 1.54) is 12.3 Å². The Kier molecular flexibility index (Phi) is 4.67. The normalized spacial score (nSPS) is 10.2. The van der Waals surface area contributed by atoms with Crippen molar-refractivity contribution in [2.45, 2.75) is 26.4 Å². The molecule has 5 heteroatoms. The number of alkyl carbamates (subject to hydrolysis) is 1. The molecule has 0 unspecified atom stereocenters. The molecule has 0 spiro atoms. The maximum atomic E-state index is 12.7. The monoisotopic (exact) mass is 250 g/mol. The molecule has 1 rings (SSSR count). The predicted molar refractivity (Wildman–Crippen MR) is 65.3 cm³/mol. The minimum atomic E-state index is -0.582. The van der Waals surface area contributed by atoms with E-state index in [0.717, 1.165) is 0 Å². The number of hydrogen-bond acceptors (Lipinski definition) is 3. The van der Waals surface area contributed by atoms with Crippen molar-refractivity contribution in [3.05, 3.63) is 29.8 Å². The van der Waals surface area contributed by atoms with Gasteiger partial charge in [0.1, 0.15) is 5.60 Å². The van der Waals surface area contributed by atoms with Gasteiger partial charge in [-0.3, -0.25) is 0 Å². The lowest BCUT2D eigenvalue weighted by Gasteiger charge is -2.18. The average Bonchev–Trinajstić information content (AvgIpc) is 2.22. The fraction of sp³-hybridized carbons (Fsp3) is 0.385. The third kappa shape index (κ3) is 5.85. The van der Waals surface area contributed by atoms with E-state index in [4.69, 9.17) is 4.74 Å². The first-order valence-electron chi connectivity index (χ1n) is 5.44. The SMILES string of the molecule is CC(C)(C)OC(=O)NCC#Cc1ccnc(F)c1. The van der Waals surface area contributed by atoms with Crippen molar-refractivity contribution >= 4 is 6.09 Å². The average molecular weight is 250 g/mol. The van der Waals surface area contributed by atoms with Crippen molar-refractivity contribution in [1.82, 2.24) is 10.3 Å². The molecule has 1 N–H and O–H groups in total. The van der Waals surface area contributed by atoms with E-state index in [1.54, 1.807) is 26.8 Å². The molecule has 0 bridgehead atoms. The van der Waals surface area contributed by atoms with Crippen LogP contribution in [0.3, 0.4) is 0 Å². The third-order valence-corrected chi connectivity index (χ3v) is 1.68. The van der Waals surface area contributed by atoms with Gasteiger partial charge in [0, 0.05) is 17.8 Å². The van der Waals surface area contributed by atoms with Gasteiger partial charge < -0.3 is 10.1 Å². The van der Waals surface area contributed by atoms with Crippen LogP contribution in [0.5, 0.6) is 0 Å². The standard InChI is InChI=1S/C13H15FN2O2/c1-13(2,3)18-12(17)16-7-4-5-10-6-8-15-11(14)9-10/h6,8-9H,7H2,1-3H3,(H,16,17). The fourth-order valence-electron chi connectivity index (χ4n) is 1.06. The van der Waals surface area contributed by atoms with Crippen LogP contribution in [-0.2, 0) is 4.74 Å². The number of halogens is 1. The number of nitrogens with one attached hydrogen (secondary N) is 1. The van der Waals surface area contributed by atoms with Crippen LogP contribution in [0, 0.1) is 17.8 Å². The van der Waals surface area contributed by atoms with Gasteiger partial charge in [-0.15, -0.1) is 0 Å². The molecule has 0 aliphatic rings. The van der Waals surface area contributed by atoms with Crippen molar-refractivity contribution < 1.29 is 13.9 Å². The molecule has 96 valence electrons. The van der Waals surface area contributed by atoms with E-state index in [0.29, 0.717) is 5.56 Å². The molecule has 0 atom stereocenters. The summed E-state index contributed by atoms with van der Waals surface area (Å²) in [5.41, 5.74) is -0.0281. The zero-order valence-electron chi connectivity index (χ0n) is 10.6. The zero-order chi connectivity index (χ0) is 13.6. The fourth-order valence-corrected chi connectivity index (χ4v) is 1.06. The molecule has 0 aromatic carbocycles. The lowest BCUT2D eigenvalue weighted by atomic mass is 10.2. The van der Waals surface area contributed by atoms with Crippen molar-refractivity contribution in [2.24, 2.45) is 0 Å². The van der Waals surface area contributed by atoms with Gasteiger partial charge in [-0.1, -0.05) is 11.8 Å². The van der Waals surface area contributed by atoms with E-state index in [9.17, 15) is 9.18 Å². The van der Waals surface area contributed by atoms with Crippen LogP contribution in [0.15, 0.2) is 18.3 Å². The molecule has 1 aromatic heterocycles. The minimum Gasteiger partial charge on any atom is -0.444 e. The molecule has 1 amide bonds. The number of aromatic nitrogens is 1. The molecule has 0 fully saturated rings. The van der Waals surface area contributed by atoms with Gasteiger partial charge in [-0.25, -0.2) is 9.78 Å². The van der Waals surface area contributed by atoms with E-state index >= 15 is 0 Å². The zero-order valence-corrected chi connectivity index (χ0v) is 10.6. The van der Waals surface area contributed by atoms with E-state index in [-0.39, 0.29) is 6.54 Å². The predicted octanol–water partition coefficient (Wildman–Crippen LogP) is 2.10. The van der Waals surface area contributed by atoms with Crippen LogP contribution in [0.1, 0.15) is 26.3 Å². The van der Waals surface area contributed by atoms with Gasteiger partial charge in [0.05, 0.1) is 6.54 Å². The summed E-state index contributed by atoms with van der Waals surface area (Å²) in [5, 5.41) is 2.48. The lowest BCUT2D eigenvalue weighted by molar-refractivity contribution is 0.0535. The Morgan fingerprint density at radius 3 is 2.89 bits per heavy atom. The second-order valence-electron chi connectivity index (χ2n) is 4.52. The summed E-state index contributed by atoms with van der Waals surface area (Å²) < 4.78 is 17.7. The second kappa shape index (κ2) is 6.01. The maximum absolute atomic E-state index is 12.7. The van der Waals surface area contributed by atoms with Gasteiger partial charge in [0.2, 0.25) is 5.95 Å². The first-order chi connectivity index (χ1) is 8.37. The summed E-state index contributed by atoms with van der Waals surface area (Å²) in [6.07, 6.45) is 0.804. The molecule has 0 aliphatic carbocycles. The highest BCUT2D eigenvalue weighted by Crippen LogP contribution is 2.06. The van der Waals surface area contributed by atoms with E-state index < -0.39 is 17.6 Å². The smallest absolute Gasteiger partial charge is 0.408 e. The molecule has 4 nitrogen and oxygen atoms in total. The van der Waals surface area contributed by atoms with Crippen LogP contribution >= 0.6 is 0 Å². The first kappa shape index (κ1) is 14.0. The van der Waals surface area contributed by atoms with Crippen molar-refractivity contribution in [3.63, 3.8) is 0 Å². The second-order valence-corrected chi connectivity index (χ2v) is 4.52. The van der Waals surface area contributed by atoms with Gasteiger partial charge in [-0.05, 0) is 26.8 Å². The van der Waals surface area contributed by atoms with Crippen LogP contribution in [0.4, 0.5) is 9.18 Å². The van der Waals surface area contributed by atoms with Crippen LogP contribution < -0.4 is 5.32 Å². The van der Waals surface area contributed by atoms with Gasteiger partial charge in [-0.2, -0.15) is 4.39 Å². The van der Waals surface area contributed by atoms with Crippen molar-refractivity contribution in [1.29, 1.82) is 0 Å². The molecule has 1 heterocycles. The number of amides is 1. The van der Waals surface area contributed by atoms with Crippen LogP contribution in [-0.4, -0.2) is 23.2 Å². The Morgan fingerprint density at radius 2 is 2.28 bits per heavy atom. The van der Waals surface area contributed by atoms with Gasteiger partial charge in [0.15, 0.2) is 0 Å². The number of ether oxygens (including phenoxy) is 1. The molecule has 0 saturated heterocycles. The molecule has 18 heavy (non-hydrogen) atoms. The summed E-state index contributed by atoms with van der Waals surface area (Å²) >= 11 is 0. The molecular weight excluding hydrogens is 235 g/mol. The van der Waals surface area contributed by atoms with Crippen molar-refractivity contribution in [3.8, 4) is 11.8 Å². The summed E-state index contributed by atoms with van der Waals surface area (Å²) in [4.78, 5) is 14.7. The molecule has 0 radical (unpaired) electrons. The topological polar surface area (TPSA) is 51.2 Å². The maximum Gasteiger partial charge on any atom is 0.408 e. The highest BCUT2D eigenvalue weighted by molar-refractivity contribution is 5.68. The number of hydrogen-bond donors (Lipinski definition) is 1. The minimum absolute atomic E-state index is 0.138. The number of nitrogens with zero attached hydrogens (tertiary/aromatic N) is 1. The summed E-state index contributed by atoms with van der Waals surface area (Å²) in [6.45, 7) is 5.47. The van der Waals surface area contributed by atoms with Gasteiger partial charge in [0.25, 0.3) is 0 Å². The quantitative estimate of drug-likeness (QED) is 0.613. The first-order valence-corrected chi connectivity index (χ1v) is 5.44. The van der Waals surface area contributed by atoms with E-state index in [2.05, 4.69) is 22.1 Å². The van der Waals surface area contributed by atoms with Crippen LogP contribution in [0.2, 0.25) is 0 Å². The Balaban J connectivity index is 2.41. The summed E-state index contributed by atoms with van der Waals surface area (Å²) in [6, 6.07) is 2.81.